The van der Waals surface area contributed by atoms with Crippen LogP contribution in [-0.4, -0.2) is 50.3 Å². The van der Waals surface area contributed by atoms with Crippen LogP contribution >= 0.6 is 35.3 Å². The van der Waals surface area contributed by atoms with Gasteiger partial charge in [-0.2, -0.15) is 13.2 Å². The van der Waals surface area contributed by atoms with Crippen molar-refractivity contribution in [1.82, 2.24) is 15.5 Å². The average Bonchev–Trinajstić information content (AvgIpc) is 2.84. The summed E-state index contributed by atoms with van der Waals surface area (Å²) in [6.45, 7) is 5.46. The summed E-state index contributed by atoms with van der Waals surface area (Å²) in [7, 11) is 1.48. The van der Waals surface area contributed by atoms with E-state index in [-0.39, 0.29) is 24.0 Å². The predicted molar refractivity (Wildman–Crippen MR) is 105 cm³/mol. The molecule has 0 amide bonds. The van der Waals surface area contributed by atoms with Gasteiger partial charge in [-0.15, -0.1) is 35.3 Å². The molecule has 0 radical (unpaired) electrons. The summed E-state index contributed by atoms with van der Waals surface area (Å²) in [6, 6.07) is 4.12. The first-order valence-electron chi connectivity index (χ1n) is 7.63. The van der Waals surface area contributed by atoms with E-state index in [4.69, 9.17) is 0 Å². The quantitative estimate of drug-likeness (QED) is 0.260. The number of hydrogen-bond donors (Lipinski definition) is 2. The van der Waals surface area contributed by atoms with Gasteiger partial charge in [0.15, 0.2) is 5.96 Å². The predicted octanol–water partition coefficient (Wildman–Crippen LogP) is 3.61. The van der Waals surface area contributed by atoms with Crippen molar-refractivity contribution in [3.8, 4) is 0 Å². The zero-order valence-corrected chi connectivity index (χ0v) is 17.4. The van der Waals surface area contributed by atoms with Crippen LogP contribution in [0.25, 0.3) is 0 Å². The van der Waals surface area contributed by atoms with Crippen LogP contribution in [0.4, 0.5) is 13.2 Å². The molecule has 0 fully saturated rings. The van der Waals surface area contributed by atoms with Crippen molar-refractivity contribution in [1.29, 1.82) is 0 Å². The van der Waals surface area contributed by atoms with Gasteiger partial charge in [0.1, 0.15) is 0 Å². The van der Waals surface area contributed by atoms with Gasteiger partial charge in [0, 0.05) is 22.8 Å². The molecule has 0 unspecified atom stereocenters. The van der Waals surface area contributed by atoms with Gasteiger partial charge in [-0.1, -0.05) is 0 Å². The van der Waals surface area contributed by atoms with Crippen LogP contribution in [0.15, 0.2) is 17.1 Å². The first-order valence-corrected chi connectivity index (χ1v) is 8.44. The number of alkyl halides is 3. The number of aryl methyl sites for hydroxylation is 1. The highest BCUT2D eigenvalue weighted by Crippen LogP contribution is 2.16. The smallest absolute Gasteiger partial charge is 0.357 e. The van der Waals surface area contributed by atoms with Crippen molar-refractivity contribution in [3.63, 3.8) is 0 Å². The lowest BCUT2D eigenvalue weighted by Gasteiger charge is -2.18. The Kier molecular flexibility index (Phi) is 11.6. The summed E-state index contributed by atoms with van der Waals surface area (Å²) in [4.78, 5) is 8.20. The topological polar surface area (TPSA) is 39.7 Å². The number of aliphatic imine (C=N–C) groups is 1. The molecule has 0 aliphatic heterocycles. The summed E-state index contributed by atoms with van der Waals surface area (Å²) in [5.41, 5.74) is 0. The molecule has 24 heavy (non-hydrogen) atoms. The Morgan fingerprint density at radius 1 is 1.29 bits per heavy atom. The first kappa shape index (κ1) is 23.4. The summed E-state index contributed by atoms with van der Waals surface area (Å²) >= 11 is 1.71. The third kappa shape index (κ3) is 11.1. The summed E-state index contributed by atoms with van der Waals surface area (Å²) in [5.74, 6) is 0.692. The van der Waals surface area contributed by atoms with Crippen LogP contribution in [-0.2, 0) is 6.54 Å². The molecule has 140 valence electrons. The molecule has 0 atom stereocenters. The number of guanidine groups is 1. The lowest BCUT2D eigenvalue weighted by atomic mass is 10.4. The highest BCUT2D eigenvalue weighted by atomic mass is 127. The Hall–Kier alpha value is -0.550. The molecular formula is C15H26F3IN4S. The van der Waals surface area contributed by atoms with E-state index in [1.165, 1.54) is 21.7 Å². The van der Waals surface area contributed by atoms with E-state index in [1.807, 2.05) is 6.92 Å². The van der Waals surface area contributed by atoms with Crippen LogP contribution in [0.2, 0.25) is 0 Å². The van der Waals surface area contributed by atoms with Gasteiger partial charge in [-0.05, 0) is 46.0 Å². The molecule has 0 saturated heterocycles. The molecule has 0 aliphatic carbocycles. The second-order valence-electron chi connectivity index (χ2n) is 5.34. The first-order chi connectivity index (χ1) is 10.8. The van der Waals surface area contributed by atoms with Crippen molar-refractivity contribution in [3.05, 3.63) is 21.9 Å². The van der Waals surface area contributed by atoms with Crippen LogP contribution in [0.5, 0.6) is 0 Å². The summed E-state index contributed by atoms with van der Waals surface area (Å²) in [5, 5.41) is 6.29. The van der Waals surface area contributed by atoms with E-state index in [1.54, 1.807) is 11.3 Å². The van der Waals surface area contributed by atoms with Gasteiger partial charge in [-0.3, -0.25) is 4.90 Å². The van der Waals surface area contributed by atoms with E-state index in [2.05, 4.69) is 34.7 Å². The molecule has 1 heterocycles. The molecule has 2 N–H and O–H groups in total. The maximum absolute atomic E-state index is 12.2. The lowest BCUT2D eigenvalue weighted by Crippen LogP contribution is -2.39. The number of nitrogens with zero attached hydrogens (tertiary/aromatic N) is 2. The maximum atomic E-state index is 12.2. The molecular weight excluding hydrogens is 452 g/mol. The molecule has 0 saturated carbocycles. The van der Waals surface area contributed by atoms with E-state index in [0.29, 0.717) is 32.0 Å². The van der Waals surface area contributed by atoms with Crippen molar-refractivity contribution in [2.75, 3.05) is 33.2 Å². The monoisotopic (exact) mass is 478 g/mol. The van der Waals surface area contributed by atoms with Crippen LogP contribution < -0.4 is 10.6 Å². The van der Waals surface area contributed by atoms with Gasteiger partial charge in [0.25, 0.3) is 0 Å². The molecule has 0 aromatic carbocycles. The third-order valence-corrected chi connectivity index (χ3v) is 3.98. The number of nitrogens with one attached hydrogen (secondary N) is 2. The molecule has 0 spiro atoms. The highest BCUT2D eigenvalue weighted by Gasteiger charge is 2.28. The average molecular weight is 478 g/mol. The second kappa shape index (κ2) is 11.9. The van der Waals surface area contributed by atoms with Gasteiger partial charge < -0.3 is 10.6 Å². The Morgan fingerprint density at radius 2 is 2.00 bits per heavy atom. The maximum Gasteiger partial charge on any atom is 0.401 e. The molecule has 0 bridgehead atoms. The van der Waals surface area contributed by atoms with E-state index >= 15 is 0 Å². The van der Waals surface area contributed by atoms with Gasteiger partial charge in [0.2, 0.25) is 0 Å². The largest absolute Gasteiger partial charge is 0.401 e. The molecule has 1 aromatic heterocycles. The Balaban J connectivity index is 0.00000529. The van der Waals surface area contributed by atoms with Crippen molar-refractivity contribution >= 4 is 41.3 Å². The third-order valence-electron chi connectivity index (χ3n) is 2.99. The molecule has 1 rings (SSSR count). The van der Waals surface area contributed by atoms with E-state index in [9.17, 15) is 13.2 Å². The van der Waals surface area contributed by atoms with Crippen LogP contribution in [0, 0.1) is 6.92 Å². The number of hydrogen-bond acceptors (Lipinski definition) is 3. The fourth-order valence-corrected chi connectivity index (χ4v) is 2.82. The fraction of sp³-hybridized carbons (Fsp3) is 0.667. The molecule has 0 aliphatic rings. The van der Waals surface area contributed by atoms with Gasteiger partial charge >= 0.3 is 6.18 Å². The Bertz CT molecular complexity index is 491. The van der Waals surface area contributed by atoms with E-state index in [0.717, 1.165) is 6.54 Å². The normalized spacial score (nSPS) is 12.2. The van der Waals surface area contributed by atoms with Crippen molar-refractivity contribution in [2.45, 2.75) is 33.0 Å². The minimum atomic E-state index is -4.14. The standard InChI is InChI=1S/C15H25F3N4S.HI/c1-4-19-14(21-10-13-7-6-12(2)23-13)20-8-5-9-22(3)11-15(16,17)18;/h6-7H,4-5,8-11H2,1-3H3,(H2,19,20,21);1H. The zero-order chi connectivity index (χ0) is 17.3. The second-order valence-corrected chi connectivity index (χ2v) is 6.71. The highest BCUT2D eigenvalue weighted by molar-refractivity contribution is 14.0. The van der Waals surface area contributed by atoms with Crippen LogP contribution in [0.1, 0.15) is 23.1 Å². The number of halogens is 4. The molecule has 9 heteroatoms. The van der Waals surface area contributed by atoms with Crippen LogP contribution in [0.3, 0.4) is 0 Å². The zero-order valence-electron chi connectivity index (χ0n) is 14.2. The minimum absolute atomic E-state index is 0. The van der Waals surface area contributed by atoms with Crippen molar-refractivity contribution in [2.24, 2.45) is 4.99 Å². The summed E-state index contributed by atoms with van der Waals surface area (Å²) < 4.78 is 36.7. The number of thiophene rings is 1. The lowest BCUT2D eigenvalue weighted by molar-refractivity contribution is -0.143. The summed E-state index contributed by atoms with van der Waals surface area (Å²) in [6.07, 6.45) is -3.52. The van der Waals surface area contributed by atoms with Gasteiger partial charge in [0.05, 0.1) is 13.1 Å². The van der Waals surface area contributed by atoms with E-state index < -0.39 is 12.7 Å². The SMILES string of the molecule is CCNC(=NCc1ccc(C)s1)NCCCN(C)CC(F)(F)F.I. The fourth-order valence-electron chi connectivity index (χ4n) is 2.01. The molecule has 4 nitrogen and oxygen atoms in total. The molecule has 1 aromatic rings. The Morgan fingerprint density at radius 3 is 2.54 bits per heavy atom. The number of rotatable bonds is 8. The van der Waals surface area contributed by atoms with Gasteiger partial charge in [-0.25, -0.2) is 4.99 Å². The minimum Gasteiger partial charge on any atom is -0.357 e. The Labute approximate surface area is 162 Å². The van der Waals surface area contributed by atoms with Crippen molar-refractivity contribution < 1.29 is 13.2 Å².